The van der Waals surface area contributed by atoms with Gasteiger partial charge in [0.15, 0.2) is 0 Å². The van der Waals surface area contributed by atoms with Gasteiger partial charge in [0.2, 0.25) is 0 Å². The van der Waals surface area contributed by atoms with Crippen LogP contribution in [0.3, 0.4) is 0 Å². The molecule has 0 atom stereocenters. The molecule has 0 aliphatic rings. The van der Waals surface area contributed by atoms with Crippen LogP contribution in [-0.4, -0.2) is 11.1 Å². The minimum absolute atomic E-state index is 0.0253. The first kappa shape index (κ1) is 10.7. The summed E-state index contributed by atoms with van der Waals surface area (Å²) in [5.74, 6) is 0. The molecule has 0 saturated carbocycles. The van der Waals surface area contributed by atoms with E-state index in [1.165, 1.54) is 0 Å². The molecule has 1 heterocycles. The SMILES string of the molecule is CCCNc1cc(=O)n(C)c2ccccc12. The van der Waals surface area contributed by atoms with Crippen LogP contribution in [0.15, 0.2) is 35.1 Å². The number of aromatic nitrogens is 1. The van der Waals surface area contributed by atoms with Crippen LogP contribution in [0, 0.1) is 0 Å². The standard InChI is InChI=1S/C13H16N2O/c1-3-8-14-11-9-13(16)15(2)12-7-5-4-6-10(11)12/h4-7,9,14H,3,8H2,1-2H3. The van der Waals surface area contributed by atoms with Crippen molar-refractivity contribution in [2.75, 3.05) is 11.9 Å². The van der Waals surface area contributed by atoms with Gasteiger partial charge < -0.3 is 9.88 Å². The second kappa shape index (κ2) is 4.39. The number of hydrogen-bond donors (Lipinski definition) is 1. The zero-order valence-electron chi connectivity index (χ0n) is 9.66. The summed E-state index contributed by atoms with van der Waals surface area (Å²) in [6.45, 7) is 2.99. The Labute approximate surface area is 94.7 Å². The van der Waals surface area contributed by atoms with Crippen LogP contribution in [0.1, 0.15) is 13.3 Å². The van der Waals surface area contributed by atoms with Gasteiger partial charge in [0, 0.05) is 30.7 Å². The molecular formula is C13H16N2O. The van der Waals surface area contributed by atoms with Gasteiger partial charge in [-0.15, -0.1) is 0 Å². The summed E-state index contributed by atoms with van der Waals surface area (Å²) in [6, 6.07) is 9.61. The summed E-state index contributed by atoms with van der Waals surface area (Å²) >= 11 is 0. The Morgan fingerprint density at radius 1 is 1.31 bits per heavy atom. The first-order valence-corrected chi connectivity index (χ1v) is 5.56. The van der Waals surface area contributed by atoms with Gasteiger partial charge >= 0.3 is 0 Å². The first-order valence-electron chi connectivity index (χ1n) is 5.56. The Hall–Kier alpha value is -1.77. The van der Waals surface area contributed by atoms with Gasteiger partial charge in [0.1, 0.15) is 0 Å². The number of fused-ring (bicyclic) bond motifs is 1. The molecule has 16 heavy (non-hydrogen) atoms. The molecule has 0 saturated heterocycles. The summed E-state index contributed by atoms with van der Waals surface area (Å²) in [6.07, 6.45) is 1.05. The number of anilines is 1. The Balaban J connectivity index is 2.65. The van der Waals surface area contributed by atoms with Gasteiger partial charge in [0.25, 0.3) is 5.56 Å². The van der Waals surface area contributed by atoms with Gasteiger partial charge in [-0.05, 0) is 12.5 Å². The summed E-state index contributed by atoms with van der Waals surface area (Å²) in [5.41, 5.74) is 1.92. The Bertz CT molecular complexity index is 557. The van der Waals surface area contributed by atoms with E-state index < -0.39 is 0 Å². The molecule has 0 spiro atoms. The van der Waals surface area contributed by atoms with E-state index in [1.807, 2.05) is 24.3 Å². The second-order valence-electron chi connectivity index (χ2n) is 3.90. The van der Waals surface area contributed by atoms with E-state index in [0.717, 1.165) is 29.6 Å². The van der Waals surface area contributed by atoms with Crippen molar-refractivity contribution in [1.82, 2.24) is 4.57 Å². The van der Waals surface area contributed by atoms with E-state index in [9.17, 15) is 4.79 Å². The van der Waals surface area contributed by atoms with Crippen LogP contribution in [0.25, 0.3) is 10.9 Å². The molecule has 0 bridgehead atoms. The maximum absolute atomic E-state index is 11.7. The number of para-hydroxylation sites is 1. The maximum atomic E-state index is 11.7. The fourth-order valence-corrected chi connectivity index (χ4v) is 1.82. The highest BCUT2D eigenvalue weighted by Gasteiger charge is 2.04. The number of pyridine rings is 1. The van der Waals surface area contributed by atoms with Gasteiger partial charge in [-0.1, -0.05) is 25.1 Å². The monoisotopic (exact) mass is 216 g/mol. The van der Waals surface area contributed by atoms with Crippen LogP contribution < -0.4 is 10.9 Å². The van der Waals surface area contributed by atoms with E-state index in [2.05, 4.69) is 12.2 Å². The second-order valence-corrected chi connectivity index (χ2v) is 3.90. The molecule has 0 unspecified atom stereocenters. The molecule has 84 valence electrons. The lowest BCUT2D eigenvalue weighted by Gasteiger charge is -2.11. The highest BCUT2D eigenvalue weighted by Crippen LogP contribution is 2.20. The molecule has 1 aromatic heterocycles. The topological polar surface area (TPSA) is 34.0 Å². The highest BCUT2D eigenvalue weighted by atomic mass is 16.1. The van der Waals surface area contributed by atoms with Gasteiger partial charge in [-0.25, -0.2) is 0 Å². The Morgan fingerprint density at radius 2 is 2.06 bits per heavy atom. The summed E-state index contributed by atoms with van der Waals surface area (Å²) in [7, 11) is 1.80. The smallest absolute Gasteiger partial charge is 0.252 e. The normalized spacial score (nSPS) is 10.6. The van der Waals surface area contributed by atoms with Crippen molar-refractivity contribution in [2.45, 2.75) is 13.3 Å². The Morgan fingerprint density at radius 3 is 2.81 bits per heavy atom. The summed E-state index contributed by atoms with van der Waals surface area (Å²) in [5, 5.41) is 4.39. The number of nitrogens with zero attached hydrogens (tertiary/aromatic N) is 1. The van der Waals surface area contributed by atoms with Crippen molar-refractivity contribution in [3.8, 4) is 0 Å². The first-order chi connectivity index (χ1) is 7.74. The van der Waals surface area contributed by atoms with Gasteiger partial charge in [0.05, 0.1) is 5.52 Å². The lowest BCUT2D eigenvalue weighted by Crippen LogP contribution is -2.17. The quantitative estimate of drug-likeness (QED) is 0.854. The number of rotatable bonds is 3. The van der Waals surface area contributed by atoms with Crippen molar-refractivity contribution in [3.05, 3.63) is 40.7 Å². The van der Waals surface area contributed by atoms with Gasteiger partial charge in [-0.3, -0.25) is 4.79 Å². The molecule has 3 nitrogen and oxygen atoms in total. The van der Waals surface area contributed by atoms with Crippen molar-refractivity contribution in [2.24, 2.45) is 7.05 Å². The van der Waals surface area contributed by atoms with E-state index >= 15 is 0 Å². The minimum atomic E-state index is 0.0253. The number of aryl methyl sites for hydroxylation is 1. The maximum Gasteiger partial charge on any atom is 0.252 e. The zero-order valence-corrected chi connectivity index (χ0v) is 9.66. The minimum Gasteiger partial charge on any atom is -0.384 e. The zero-order chi connectivity index (χ0) is 11.5. The highest BCUT2D eigenvalue weighted by molar-refractivity contribution is 5.91. The van der Waals surface area contributed by atoms with E-state index in [0.29, 0.717) is 0 Å². The molecule has 3 heteroatoms. The molecule has 1 N–H and O–H groups in total. The lowest BCUT2D eigenvalue weighted by molar-refractivity contribution is 0.903. The van der Waals surface area contributed by atoms with Crippen LogP contribution in [-0.2, 0) is 7.05 Å². The largest absolute Gasteiger partial charge is 0.384 e. The molecule has 0 radical (unpaired) electrons. The number of nitrogens with one attached hydrogen (secondary N) is 1. The molecule has 2 aromatic rings. The third kappa shape index (κ3) is 1.81. The summed E-state index contributed by atoms with van der Waals surface area (Å²) in [4.78, 5) is 11.7. The average Bonchev–Trinajstić information content (AvgIpc) is 2.32. The number of hydrogen-bond acceptors (Lipinski definition) is 2. The molecule has 2 rings (SSSR count). The van der Waals surface area contributed by atoms with Crippen LogP contribution in [0.5, 0.6) is 0 Å². The molecular weight excluding hydrogens is 200 g/mol. The number of benzene rings is 1. The third-order valence-corrected chi connectivity index (χ3v) is 2.72. The Kier molecular flexibility index (Phi) is 2.95. The molecule has 0 amide bonds. The fourth-order valence-electron chi connectivity index (χ4n) is 1.82. The fraction of sp³-hybridized carbons (Fsp3) is 0.308. The summed E-state index contributed by atoms with van der Waals surface area (Å²) < 4.78 is 1.67. The van der Waals surface area contributed by atoms with Gasteiger partial charge in [-0.2, -0.15) is 0 Å². The van der Waals surface area contributed by atoms with Crippen molar-refractivity contribution < 1.29 is 0 Å². The molecule has 0 aliphatic carbocycles. The third-order valence-electron chi connectivity index (χ3n) is 2.72. The van der Waals surface area contributed by atoms with Crippen molar-refractivity contribution in [1.29, 1.82) is 0 Å². The van der Waals surface area contributed by atoms with E-state index in [4.69, 9.17) is 0 Å². The van der Waals surface area contributed by atoms with E-state index in [1.54, 1.807) is 17.7 Å². The van der Waals surface area contributed by atoms with Crippen LogP contribution in [0.2, 0.25) is 0 Å². The van der Waals surface area contributed by atoms with Crippen molar-refractivity contribution in [3.63, 3.8) is 0 Å². The lowest BCUT2D eigenvalue weighted by atomic mass is 10.2. The molecule has 0 fully saturated rings. The predicted molar refractivity (Wildman–Crippen MR) is 68.0 cm³/mol. The van der Waals surface area contributed by atoms with Crippen LogP contribution >= 0.6 is 0 Å². The molecule has 0 aliphatic heterocycles. The van der Waals surface area contributed by atoms with Crippen molar-refractivity contribution >= 4 is 16.6 Å². The predicted octanol–water partition coefficient (Wildman–Crippen LogP) is 2.36. The molecule has 1 aromatic carbocycles. The van der Waals surface area contributed by atoms with E-state index in [-0.39, 0.29) is 5.56 Å². The average molecular weight is 216 g/mol. The van der Waals surface area contributed by atoms with Crippen LogP contribution in [0.4, 0.5) is 5.69 Å².